The predicted octanol–water partition coefficient (Wildman–Crippen LogP) is 7.02. The summed E-state index contributed by atoms with van der Waals surface area (Å²) >= 11 is 1.59. The van der Waals surface area contributed by atoms with Crippen molar-refractivity contribution in [3.63, 3.8) is 0 Å². The van der Waals surface area contributed by atoms with Crippen molar-refractivity contribution in [3.05, 3.63) is 117 Å². The van der Waals surface area contributed by atoms with Crippen LogP contribution in [0.2, 0.25) is 0 Å². The van der Waals surface area contributed by atoms with Gasteiger partial charge in [0.2, 0.25) is 6.41 Å². The van der Waals surface area contributed by atoms with Crippen molar-refractivity contribution in [1.82, 2.24) is 25.5 Å². The summed E-state index contributed by atoms with van der Waals surface area (Å²) in [7, 11) is 1.81. The highest BCUT2D eigenvalue weighted by atomic mass is 32.1. The summed E-state index contributed by atoms with van der Waals surface area (Å²) in [5.41, 5.74) is 6.63. The summed E-state index contributed by atoms with van der Waals surface area (Å²) in [6, 6.07) is 20.4. The van der Waals surface area contributed by atoms with Crippen molar-refractivity contribution >= 4 is 23.7 Å². The summed E-state index contributed by atoms with van der Waals surface area (Å²) < 4.78 is 0. The zero-order valence-electron chi connectivity index (χ0n) is 26.6. The first-order valence-electron chi connectivity index (χ1n) is 14.7. The van der Waals surface area contributed by atoms with Gasteiger partial charge < -0.3 is 15.5 Å². The van der Waals surface area contributed by atoms with Crippen LogP contribution in [0.1, 0.15) is 82.5 Å². The van der Waals surface area contributed by atoms with E-state index in [1.54, 1.807) is 23.3 Å². The van der Waals surface area contributed by atoms with Gasteiger partial charge >= 0.3 is 0 Å². The molecule has 2 amide bonds. The van der Waals surface area contributed by atoms with Crippen molar-refractivity contribution in [2.75, 3.05) is 20.1 Å². The lowest BCUT2D eigenvalue weighted by molar-refractivity contribution is -0.109. The summed E-state index contributed by atoms with van der Waals surface area (Å²) in [5, 5.41) is 9.05. The Morgan fingerprint density at radius 3 is 2.21 bits per heavy atom. The number of benzene rings is 2. The number of nitrogens with one attached hydrogen (secondary N) is 2. The number of aryl methyl sites for hydroxylation is 3. The van der Waals surface area contributed by atoms with Gasteiger partial charge in [-0.05, 0) is 69.8 Å². The van der Waals surface area contributed by atoms with Crippen LogP contribution in [0.3, 0.4) is 0 Å². The number of thiazole rings is 1. The maximum absolute atomic E-state index is 12.2. The van der Waals surface area contributed by atoms with Gasteiger partial charge in [0.15, 0.2) is 0 Å². The van der Waals surface area contributed by atoms with Crippen LogP contribution in [0, 0.1) is 20.8 Å². The molecular weight excluding hydrogens is 554 g/mol. The minimum atomic E-state index is 0.0338. The number of amides is 2. The number of carbonyl (C=O) groups excluding carboxylic acids is 2. The lowest BCUT2D eigenvalue weighted by Crippen LogP contribution is -2.26. The second kappa shape index (κ2) is 19.3. The standard InChI is InChI=1S/C14H23N3O.C14H16N2OS.C7H8/c1-11(2)13-7-14(9-16-8-13)12(3)17-6-4-5-15-10-18;1-10-5-4-6-12(7-10)14(17)16(3)8-13-15-11(2)9-18-13;1-7-5-3-2-4-6-7/h7-12,17H,4-6H2,1-3H3,(H,15,18);4-7,9H,8H2,1-3H3;2-6H,1H3. The van der Waals surface area contributed by atoms with Crippen LogP contribution in [-0.4, -0.2) is 47.3 Å². The molecule has 2 heterocycles. The average molecular weight is 602 g/mol. The predicted molar refractivity (Wildman–Crippen MR) is 178 cm³/mol. The molecule has 43 heavy (non-hydrogen) atoms. The normalized spacial score (nSPS) is 11.0. The Morgan fingerprint density at radius 1 is 0.930 bits per heavy atom. The molecular formula is C35H47N5O2S. The second-order valence-corrected chi connectivity index (χ2v) is 11.8. The average Bonchev–Trinajstić information content (AvgIpc) is 3.41. The van der Waals surface area contributed by atoms with E-state index in [0.717, 1.165) is 41.2 Å². The zero-order valence-corrected chi connectivity index (χ0v) is 27.4. The van der Waals surface area contributed by atoms with E-state index in [2.05, 4.69) is 66.5 Å². The van der Waals surface area contributed by atoms with E-state index >= 15 is 0 Å². The number of aromatic nitrogens is 2. The van der Waals surface area contributed by atoms with Gasteiger partial charge in [0, 0.05) is 48.7 Å². The Hall–Kier alpha value is -3.88. The summed E-state index contributed by atoms with van der Waals surface area (Å²) in [4.78, 5) is 32.7. The maximum atomic E-state index is 12.2. The number of pyridine rings is 1. The van der Waals surface area contributed by atoms with Crippen molar-refractivity contribution in [2.24, 2.45) is 0 Å². The lowest BCUT2D eigenvalue weighted by Gasteiger charge is -2.15. The first-order chi connectivity index (χ1) is 20.6. The van der Waals surface area contributed by atoms with Gasteiger partial charge in [0.25, 0.3) is 5.91 Å². The molecule has 7 nitrogen and oxygen atoms in total. The minimum Gasteiger partial charge on any atom is -0.359 e. The lowest BCUT2D eigenvalue weighted by atomic mass is 10.0. The molecule has 0 fully saturated rings. The molecule has 0 saturated heterocycles. The highest BCUT2D eigenvalue weighted by Gasteiger charge is 2.13. The van der Waals surface area contributed by atoms with Crippen molar-refractivity contribution in [3.8, 4) is 0 Å². The Morgan fingerprint density at radius 2 is 1.63 bits per heavy atom. The molecule has 0 aliphatic heterocycles. The second-order valence-electron chi connectivity index (χ2n) is 10.9. The van der Waals surface area contributed by atoms with Crippen LogP contribution < -0.4 is 10.6 Å². The summed E-state index contributed by atoms with van der Waals surface area (Å²) in [6.45, 7) is 14.7. The van der Waals surface area contributed by atoms with Crippen LogP contribution in [-0.2, 0) is 11.3 Å². The van der Waals surface area contributed by atoms with Crippen molar-refractivity contribution in [1.29, 1.82) is 0 Å². The molecule has 8 heteroatoms. The molecule has 2 aromatic carbocycles. The van der Waals surface area contributed by atoms with Crippen LogP contribution in [0.25, 0.3) is 0 Å². The van der Waals surface area contributed by atoms with E-state index < -0.39 is 0 Å². The van der Waals surface area contributed by atoms with E-state index in [-0.39, 0.29) is 11.9 Å². The van der Waals surface area contributed by atoms with E-state index in [4.69, 9.17) is 0 Å². The molecule has 0 saturated carbocycles. The van der Waals surface area contributed by atoms with Crippen LogP contribution >= 0.6 is 11.3 Å². The molecule has 0 radical (unpaired) electrons. The minimum absolute atomic E-state index is 0.0338. The van der Waals surface area contributed by atoms with Crippen LogP contribution in [0.15, 0.2) is 78.4 Å². The largest absolute Gasteiger partial charge is 0.359 e. The highest BCUT2D eigenvalue weighted by Crippen LogP contribution is 2.18. The van der Waals surface area contributed by atoms with Gasteiger partial charge in [-0.15, -0.1) is 11.3 Å². The molecule has 230 valence electrons. The highest BCUT2D eigenvalue weighted by molar-refractivity contribution is 7.09. The van der Waals surface area contributed by atoms with E-state index in [9.17, 15) is 9.59 Å². The molecule has 0 aliphatic rings. The van der Waals surface area contributed by atoms with E-state index in [1.165, 1.54) is 16.7 Å². The topological polar surface area (TPSA) is 87.2 Å². The molecule has 4 rings (SSSR count). The van der Waals surface area contributed by atoms with Crippen LogP contribution in [0.4, 0.5) is 0 Å². The molecule has 1 unspecified atom stereocenters. The Balaban J connectivity index is 0.000000246. The first kappa shape index (κ1) is 35.3. The molecule has 1 atom stereocenters. The van der Waals surface area contributed by atoms with Gasteiger partial charge in [-0.25, -0.2) is 4.98 Å². The fourth-order valence-electron chi connectivity index (χ4n) is 4.00. The third kappa shape index (κ3) is 13.8. The quantitative estimate of drug-likeness (QED) is 0.143. The molecule has 2 N–H and O–H groups in total. The van der Waals surface area contributed by atoms with Crippen molar-refractivity contribution in [2.45, 2.75) is 66.5 Å². The third-order valence-electron chi connectivity index (χ3n) is 6.57. The van der Waals surface area contributed by atoms with Gasteiger partial charge in [-0.2, -0.15) is 0 Å². The number of carbonyl (C=O) groups is 2. The van der Waals surface area contributed by atoms with Gasteiger partial charge in [0.1, 0.15) is 5.01 Å². The van der Waals surface area contributed by atoms with E-state index in [1.807, 2.05) is 74.1 Å². The SMILES string of the molecule is CC(C)c1cncc(C(C)NCCCNC=O)c1.Cc1cccc(C(=O)N(C)Cc2nc(C)cs2)c1.Cc1ccccc1. The Kier molecular flexibility index (Phi) is 15.9. The Labute approximate surface area is 261 Å². The fraction of sp³-hybridized carbons (Fsp3) is 0.371. The Bertz CT molecular complexity index is 1370. The number of hydrogen-bond donors (Lipinski definition) is 2. The van der Waals surface area contributed by atoms with Gasteiger partial charge in [-0.1, -0.05) is 73.5 Å². The number of rotatable bonds is 11. The number of nitrogens with zero attached hydrogens (tertiary/aromatic N) is 3. The summed E-state index contributed by atoms with van der Waals surface area (Å²) in [5.74, 6) is 0.535. The molecule has 0 spiro atoms. The van der Waals surface area contributed by atoms with Crippen LogP contribution in [0.5, 0.6) is 0 Å². The van der Waals surface area contributed by atoms with Crippen molar-refractivity contribution < 1.29 is 9.59 Å². The molecule has 4 aromatic rings. The summed E-state index contributed by atoms with van der Waals surface area (Å²) in [6.07, 6.45) is 5.50. The molecule has 2 aromatic heterocycles. The smallest absolute Gasteiger partial charge is 0.253 e. The monoisotopic (exact) mass is 601 g/mol. The first-order valence-corrected chi connectivity index (χ1v) is 15.6. The maximum Gasteiger partial charge on any atom is 0.253 e. The molecule has 0 aliphatic carbocycles. The third-order valence-corrected chi connectivity index (χ3v) is 7.52. The fourth-order valence-corrected chi connectivity index (χ4v) is 4.82. The molecule has 0 bridgehead atoms. The zero-order chi connectivity index (χ0) is 31.6. The van der Waals surface area contributed by atoms with Gasteiger partial charge in [0.05, 0.1) is 6.54 Å². The number of hydrogen-bond acceptors (Lipinski definition) is 6. The van der Waals surface area contributed by atoms with Gasteiger partial charge in [-0.3, -0.25) is 14.6 Å². The van der Waals surface area contributed by atoms with E-state index in [0.29, 0.717) is 19.0 Å².